The zero-order valence-electron chi connectivity index (χ0n) is 18.0. The van der Waals surface area contributed by atoms with E-state index in [9.17, 15) is 13.6 Å². The molecule has 0 atom stereocenters. The van der Waals surface area contributed by atoms with Gasteiger partial charge in [0.2, 0.25) is 5.96 Å². The van der Waals surface area contributed by atoms with Gasteiger partial charge in [-0.3, -0.25) is 19.8 Å². The van der Waals surface area contributed by atoms with Crippen molar-refractivity contribution >= 4 is 17.6 Å². The van der Waals surface area contributed by atoms with Gasteiger partial charge in [0, 0.05) is 24.8 Å². The van der Waals surface area contributed by atoms with E-state index in [0.717, 1.165) is 23.0 Å². The molecule has 2 N–H and O–H groups in total. The van der Waals surface area contributed by atoms with E-state index < -0.39 is 17.5 Å². The molecule has 0 saturated heterocycles. The van der Waals surface area contributed by atoms with Crippen molar-refractivity contribution in [3.63, 3.8) is 0 Å². The zero-order valence-corrected chi connectivity index (χ0v) is 18.0. The Morgan fingerprint density at radius 1 is 1.10 bits per heavy atom. The fourth-order valence-electron chi connectivity index (χ4n) is 3.17. The molecule has 1 aromatic heterocycles. The van der Waals surface area contributed by atoms with Crippen LogP contribution in [0.25, 0.3) is 0 Å². The molecule has 6 nitrogen and oxygen atoms in total. The number of hydrogen-bond donors (Lipinski definition) is 2. The maximum absolute atomic E-state index is 14.1. The predicted octanol–water partition coefficient (Wildman–Crippen LogP) is 4.06. The van der Waals surface area contributed by atoms with Gasteiger partial charge in [-0.2, -0.15) is 5.10 Å². The van der Waals surface area contributed by atoms with E-state index in [0.29, 0.717) is 18.5 Å². The van der Waals surface area contributed by atoms with E-state index >= 15 is 0 Å². The highest BCUT2D eigenvalue weighted by molar-refractivity contribution is 6.10. The molecule has 0 spiro atoms. The highest BCUT2D eigenvalue weighted by atomic mass is 19.1. The lowest BCUT2D eigenvalue weighted by molar-refractivity contribution is 0.0976. The first-order chi connectivity index (χ1) is 14.8. The second kappa shape index (κ2) is 9.51. The van der Waals surface area contributed by atoms with Crippen molar-refractivity contribution in [3.8, 4) is 0 Å². The molecule has 0 aliphatic carbocycles. The average Bonchev–Trinajstić information content (AvgIpc) is 2.97. The summed E-state index contributed by atoms with van der Waals surface area (Å²) in [7, 11) is 1.88. The molecule has 0 fully saturated rings. The third-order valence-electron chi connectivity index (χ3n) is 5.08. The molecule has 3 aromatic rings. The lowest BCUT2D eigenvalue weighted by atomic mass is 10.1. The first kappa shape index (κ1) is 22.1. The summed E-state index contributed by atoms with van der Waals surface area (Å²) < 4.78 is 29.8. The summed E-state index contributed by atoms with van der Waals surface area (Å²) in [5, 5.41) is 9.83. The Bertz CT molecular complexity index is 1140. The number of aryl methyl sites for hydroxylation is 3. The van der Waals surface area contributed by atoms with Crippen LogP contribution >= 0.6 is 0 Å². The van der Waals surface area contributed by atoms with Crippen molar-refractivity contribution in [2.45, 2.75) is 27.2 Å². The number of amides is 1. The highest BCUT2D eigenvalue weighted by Crippen LogP contribution is 2.14. The summed E-state index contributed by atoms with van der Waals surface area (Å²) in [6, 6.07) is 10.3. The fourth-order valence-corrected chi connectivity index (χ4v) is 3.17. The molecule has 0 saturated carbocycles. The second-order valence-corrected chi connectivity index (χ2v) is 7.28. The third-order valence-corrected chi connectivity index (χ3v) is 5.08. The first-order valence-electron chi connectivity index (χ1n) is 9.89. The maximum atomic E-state index is 14.1. The van der Waals surface area contributed by atoms with Crippen LogP contribution in [0.2, 0.25) is 0 Å². The van der Waals surface area contributed by atoms with Crippen LogP contribution in [-0.2, 0) is 13.5 Å². The minimum Gasteiger partial charge on any atom is -0.323 e. The van der Waals surface area contributed by atoms with Gasteiger partial charge in [0.1, 0.15) is 11.6 Å². The van der Waals surface area contributed by atoms with Gasteiger partial charge in [-0.15, -0.1) is 0 Å². The van der Waals surface area contributed by atoms with Crippen LogP contribution in [-0.4, -0.2) is 28.2 Å². The van der Waals surface area contributed by atoms with E-state index in [1.54, 1.807) is 23.7 Å². The quantitative estimate of drug-likeness (QED) is 0.478. The van der Waals surface area contributed by atoms with Crippen LogP contribution in [0.3, 0.4) is 0 Å². The van der Waals surface area contributed by atoms with Crippen molar-refractivity contribution < 1.29 is 13.6 Å². The number of aliphatic imine (C=N–C) groups is 1. The molecule has 1 heterocycles. The smallest absolute Gasteiger partial charge is 0.258 e. The zero-order chi connectivity index (χ0) is 22.5. The van der Waals surface area contributed by atoms with Crippen molar-refractivity contribution in [1.82, 2.24) is 15.1 Å². The van der Waals surface area contributed by atoms with Crippen LogP contribution in [0.1, 0.15) is 32.9 Å². The molecule has 31 heavy (non-hydrogen) atoms. The van der Waals surface area contributed by atoms with Gasteiger partial charge in [0.05, 0.1) is 11.4 Å². The number of rotatable bonds is 5. The van der Waals surface area contributed by atoms with Crippen molar-refractivity contribution in [3.05, 3.63) is 82.2 Å². The summed E-state index contributed by atoms with van der Waals surface area (Å²) in [6.45, 7) is 5.86. The number of hydrogen-bond acceptors (Lipinski definition) is 3. The Morgan fingerprint density at radius 2 is 1.84 bits per heavy atom. The minimum atomic E-state index is -0.546. The maximum Gasteiger partial charge on any atom is 0.258 e. The monoisotopic (exact) mass is 425 g/mol. The van der Waals surface area contributed by atoms with E-state index in [1.165, 1.54) is 24.3 Å². The van der Waals surface area contributed by atoms with Gasteiger partial charge < -0.3 is 5.32 Å². The Labute approximate surface area is 180 Å². The van der Waals surface area contributed by atoms with Gasteiger partial charge in [0.25, 0.3) is 5.91 Å². The first-order valence-corrected chi connectivity index (χ1v) is 9.89. The largest absolute Gasteiger partial charge is 0.323 e. The fraction of sp³-hybridized carbons (Fsp3) is 0.261. The van der Waals surface area contributed by atoms with Gasteiger partial charge in [-0.1, -0.05) is 18.2 Å². The van der Waals surface area contributed by atoms with Crippen LogP contribution in [0, 0.1) is 32.4 Å². The number of anilines is 1. The number of aromatic nitrogens is 2. The average molecular weight is 425 g/mol. The van der Waals surface area contributed by atoms with E-state index in [2.05, 4.69) is 20.7 Å². The van der Waals surface area contributed by atoms with Gasteiger partial charge >= 0.3 is 0 Å². The Hall–Kier alpha value is -3.55. The predicted molar refractivity (Wildman–Crippen MR) is 117 cm³/mol. The van der Waals surface area contributed by atoms with Crippen LogP contribution in [0.15, 0.2) is 47.5 Å². The summed E-state index contributed by atoms with van der Waals surface area (Å²) in [4.78, 5) is 17.1. The second-order valence-electron chi connectivity index (χ2n) is 7.28. The molecule has 0 bridgehead atoms. The standard InChI is InChI=1S/C23H25F2N5O/c1-14-9-10-17(13-20(14)25)22(31)28-23(27-21-8-6-5-7-19(21)24)26-12-11-18-15(2)29-30(4)16(18)3/h5-10,13H,11-12H2,1-4H3,(H2,26,27,28,31). The topological polar surface area (TPSA) is 71.3 Å². The number of nitrogens with one attached hydrogen (secondary N) is 2. The lowest BCUT2D eigenvalue weighted by Crippen LogP contribution is -2.36. The molecule has 162 valence electrons. The van der Waals surface area contributed by atoms with Gasteiger partial charge in [-0.05, 0) is 62.6 Å². The molecule has 8 heteroatoms. The number of nitrogens with zero attached hydrogens (tertiary/aromatic N) is 3. The molecule has 2 aromatic carbocycles. The molecular formula is C23H25F2N5O. The lowest BCUT2D eigenvalue weighted by Gasteiger charge is -2.13. The minimum absolute atomic E-state index is 0.0790. The Balaban J connectivity index is 1.81. The molecule has 0 aliphatic heterocycles. The highest BCUT2D eigenvalue weighted by Gasteiger charge is 2.13. The van der Waals surface area contributed by atoms with Crippen LogP contribution < -0.4 is 10.6 Å². The summed E-state index contributed by atoms with van der Waals surface area (Å²) >= 11 is 0. The van der Waals surface area contributed by atoms with Crippen LogP contribution in [0.5, 0.6) is 0 Å². The van der Waals surface area contributed by atoms with Crippen molar-refractivity contribution in [2.75, 3.05) is 11.9 Å². The molecular weight excluding hydrogens is 400 g/mol. The van der Waals surface area contributed by atoms with E-state index in [-0.39, 0.29) is 17.2 Å². The number of guanidine groups is 1. The van der Waals surface area contributed by atoms with Crippen LogP contribution in [0.4, 0.5) is 14.5 Å². The normalized spacial score (nSPS) is 11.5. The summed E-state index contributed by atoms with van der Waals surface area (Å²) in [5.41, 5.74) is 3.78. The molecule has 0 unspecified atom stereocenters. The van der Waals surface area contributed by atoms with E-state index in [1.807, 2.05) is 20.9 Å². The molecule has 1 amide bonds. The molecule has 3 rings (SSSR count). The number of carbonyl (C=O) groups is 1. The van der Waals surface area contributed by atoms with Crippen molar-refractivity contribution in [1.29, 1.82) is 0 Å². The number of carbonyl (C=O) groups excluding carboxylic acids is 1. The van der Waals surface area contributed by atoms with Crippen molar-refractivity contribution in [2.24, 2.45) is 12.0 Å². The summed E-state index contributed by atoms with van der Waals surface area (Å²) in [5.74, 6) is -1.42. The van der Waals surface area contributed by atoms with Gasteiger partial charge in [-0.25, -0.2) is 8.78 Å². The van der Waals surface area contributed by atoms with E-state index in [4.69, 9.17) is 0 Å². The number of benzene rings is 2. The third kappa shape index (κ3) is 5.33. The number of halogens is 2. The Morgan fingerprint density at radius 3 is 2.48 bits per heavy atom. The Kier molecular flexibility index (Phi) is 6.79. The SMILES string of the molecule is Cc1ccc(C(=O)NC(=NCCc2c(C)nn(C)c2C)Nc2ccccc2F)cc1F. The molecule has 0 aliphatic rings. The summed E-state index contributed by atoms with van der Waals surface area (Å²) in [6.07, 6.45) is 0.600. The number of para-hydroxylation sites is 1. The molecule has 0 radical (unpaired) electrons. The van der Waals surface area contributed by atoms with Gasteiger partial charge in [0.15, 0.2) is 0 Å².